The van der Waals surface area contributed by atoms with E-state index in [1.54, 1.807) is 36.4 Å². The Morgan fingerprint density at radius 2 is 1.86 bits per heavy atom. The highest BCUT2D eigenvalue weighted by Crippen LogP contribution is 2.21. The first-order valence-corrected chi connectivity index (χ1v) is 7.26. The molecular weight excluding hydrogens is 312 g/mol. The lowest BCUT2D eigenvalue weighted by atomic mass is 10.2. The zero-order valence-electron chi connectivity index (χ0n) is 10.6. The number of rotatable bonds is 3. The summed E-state index contributed by atoms with van der Waals surface area (Å²) < 4.78 is 1.53. The molecule has 0 aliphatic carbocycles. The van der Waals surface area contributed by atoms with E-state index in [1.165, 1.54) is 0 Å². The van der Waals surface area contributed by atoms with Crippen LogP contribution < -0.4 is 11.1 Å². The summed E-state index contributed by atoms with van der Waals surface area (Å²) in [5, 5.41) is 3.03. The molecule has 3 aromatic rings. The molecule has 0 saturated carbocycles. The van der Waals surface area contributed by atoms with Crippen molar-refractivity contribution in [2.45, 2.75) is 6.54 Å². The van der Waals surface area contributed by atoms with Gasteiger partial charge in [0.25, 0.3) is 11.1 Å². The van der Waals surface area contributed by atoms with Crippen LogP contribution in [0.25, 0.3) is 10.8 Å². The highest BCUT2D eigenvalue weighted by atomic mass is 35.5. The van der Waals surface area contributed by atoms with Crippen molar-refractivity contribution >= 4 is 39.5 Å². The van der Waals surface area contributed by atoms with Crippen molar-refractivity contribution in [3.8, 4) is 0 Å². The molecule has 5 nitrogen and oxygen atoms in total. The Hall–Kier alpha value is -2.18. The number of aromatic nitrogens is 2. The molecule has 0 amide bonds. The lowest BCUT2D eigenvalue weighted by Gasteiger charge is -2.05. The van der Waals surface area contributed by atoms with Crippen molar-refractivity contribution in [3.05, 3.63) is 66.3 Å². The molecule has 1 aromatic carbocycles. The lowest BCUT2D eigenvalue weighted by Crippen LogP contribution is -2.32. The van der Waals surface area contributed by atoms with Gasteiger partial charge in [-0.25, -0.2) is 4.68 Å². The molecule has 0 unspecified atom stereocenters. The van der Waals surface area contributed by atoms with E-state index in [2.05, 4.69) is 5.10 Å². The van der Waals surface area contributed by atoms with Crippen LogP contribution in [0.15, 0.2) is 46.0 Å². The summed E-state index contributed by atoms with van der Waals surface area (Å²) in [6, 6.07) is 9.70. The molecule has 0 aliphatic heterocycles. The first-order chi connectivity index (χ1) is 10.1. The summed E-state index contributed by atoms with van der Waals surface area (Å²) in [5.41, 5.74) is -0.802. The number of benzene rings is 1. The minimum absolute atomic E-state index is 0.226. The normalized spacial score (nSPS) is 10.9. The first kappa shape index (κ1) is 13.8. The Kier molecular flexibility index (Phi) is 3.48. The van der Waals surface area contributed by atoms with Crippen LogP contribution in [-0.4, -0.2) is 15.6 Å². The van der Waals surface area contributed by atoms with Gasteiger partial charge in [0.05, 0.1) is 20.0 Å². The van der Waals surface area contributed by atoms with Crippen LogP contribution in [0.4, 0.5) is 0 Å². The van der Waals surface area contributed by atoms with Crippen LogP contribution in [0.3, 0.4) is 0 Å². The molecule has 0 spiro atoms. The number of carbonyl (C=O) groups excluding carboxylic acids is 1. The van der Waals surface area contributed by atoms with Gasteiger partial charge in [-0.05, 0) is 24.3 Å². The van der Waals surface area contributed by atoms with Gasteiger partial charge in [0.15, 0.2) is 5.78 Å². The standard InChI is InChI=1S/C14H9ClN2O3S/c15-12-6-5-11(21-12)10(18)7-17-14(20)9-4-2-1-3-8(9)13(19)16-17/h1-6H,7H2,(H,16,19). The molecule has 0 bridgehead atoms. The molecule has 106 valence electrons. The van der Waals surface area contributed by atoms with Crippen molar-refractivity contribution in [1.29, 1.82) is 0 Å². The van der Waals surface area contributed by atoms with Crippen molar-refractivity contribution in [1.82, 2.24) is 9.78 Å². The molecule has 0 saturated heterocycles. The van der Waals surface area contributed by atoms with Gasteiger partial charge in [0.2, 0.25) is 0 Å². The summed E-state index contributed by atoms with van der Waals surface area (Å²) in [5.74, 6) is -0.278. The number of halogens is 1. The maximum absolute atomic E-state index is 12.3. The molecule has 0 aliphatic rings. The number of nitrogens with one attached hydrogen (secondary N) is 1. The van der Waals surface area contributed by atoms with Crippen LogP contribution in [0, 0.1) is 0 Å². The molecular formula is C14H9ClN2O3S. The fourth-order valence-corrected chi connectivity index (χ4v) is 3.02. The SMILES string of the molecule is O=C(Cn1[nH]c(=O)c2ccccc2c1=O)c1ccc(Cl)s1. The minimum atomic E-state index is -0.402. The average Bonchev–Trinajstić information content (AvgIpc) is 2.91. The summed E-state index contributed by atoms with van der Waals surface area (Å²) in [7, 11) is 0. The van der Waals surface area contributed by atoms with Crippen molar-refractivity contribution in [3.63, 3.8) is 0 Å². The van der Waals surface area contributed by atoms with Crippen LogP contribution in [0.5, 0.6) is 0 Å². The molecule has 0 atom stereocenters. The summed E-state index contributed by atoms with van der Waals surface area (Å²) in [4.78, 5) is 36.7. The van der Waals surface area contributed by atoms with Crippen molar-refractivity contribution in [2.75, 3.05) is 0 Å². The number of hydrogen-bond donors (Lipinski definition) is 1. The summed E-state index contributed by atoms with van der Waals surface area (Å²) in [6.07, 6.45) is 0. The molecule has 0 fully saturated rings. The average molecular weight is 321 g/mol. The van der Waals surface area contributed by atoms with E-state index in [9.17, 15) is 14.4 Å². The number of Topliss-reactive ketones (excluding diaryl/α,β-unsaturated/α-hetero) is 1. The molecule has 21 heavy (non-hydrogen) atoms. The van der Waals surface area contributed by atoms with Gasteiger partial charge >= 0.3 is 0 Å². The van der Waals surface area contributed by atoms with Crippen LogP contribution >= 0.6 is 22.9 Å². The van der Waals surface area contributed by atoms with E-state index in [4.69, 9.17) is 11.6 Å². The largest absolute Gasteiger partial charge is 0.291 e. The van der Waals surface area contributed by atoms with Crippen LogP contribution in [0.1, 0.15) is 9.67 Å². The topological polar surface area (TPSA) is 71.9 Å². The second-order valence-electron chi connectivity index (χ2n) is 4.40. The van der Waals surface area contributed by atoms with Gasteiger partial charge in [0.1, 0.15) is 6.54 Å². The molecule has 2 aromatic heterocycles. The summed E-state index contributed by atoms with van der Waals surface area (Å²) >= 11 is 6.92. The molecule has 3 rings (SSSR count). The molecule has 1 N–H and O–H groups in total. The summed E-state index contributed by atoms with van der Waals surface area (Å²) in [6.45, 7) is -0.226. The Labute approximate surface area is 127 Å². The number of fused-ring (bicyclic) bond motifs is 1. The molecule has 0 radical (unpaired) electrons. The Morgan fingerprint density at radius 3 is 2.52 bits per heavy atom. The number of hydrogen-bond acceptors (Lipinski definition) is 4. The Morgan fingerprint density at radius 1 is 1.14 bits per heavy atom. The van der Waals surface area contributed by atoms with Crippen molar-refractivity contribution < 1.29 is 4.79 Å². The van der Waals surface area contributed by atoms with Crippen LogP contribution in [-0.2, 0) is 6.54 Å². The van der Waals surface area contributed by atoms with Crippen molar-refractivity contribution in [2.24, 2.45) is 0 Å². The number of nitrogens with zero attached hydrogens (tertiary/aromatic N) is 1. The molecule has 2 heterocycles. The zero-order valence-corrected chi connectivity index (χ0v) is 12.2. The number of thiophene rings is 1. The van der Waals surface area contributed by atoms with Gasteiger partial charge in [0, 0.05) is 0 Å². The number of carbonyl (C=O) groups is 1. The van der Waals surface area contributed by atoms with E-state index in [1.807, 2.05) is 0 Å². The van der Waals surface area contributed by atoms with Gasteiger partial charge in [-0.15, -0.1) is 11.3 Å². The fourth-order valence-electron chi connectivity index (χ4n) is 2.04. The van der Waals surface area contributed by atoms with E-state index < -0.39 is 11.1 Å². The maximum Gasteiger partial charge on any atom is 0.273 e. The molecule has 7 heteroatoms. The third-order valence-corrected chi connectivity index (χ3v) is 4.31. The fraction of sp³-hybridized carbons (Fsp3) is 0.0714. The van der Waals surface area contributed by atoms with Gasteiger partial charge in [-0.1, -0.05) is 23.7 Å². The van der Waals surface area contributed by atoms with E-state index in [0.29, 0.717) is 20.0 Å². The highest BCUT2D eigenvalue weighted by molar-refractivity contribution is 7.18. The number of H-pyrrole nitrogens is 1. The number of ketones is 1. The highest BCUT2D eigenvalue weighted by Gasteiger charge is 2.13. The Bertz CT molecular complexity index is 954. The van der Waals surface area contributed by atoms with Crippen LogP contribution in [0.2, 0.25) is 4.34 Å². The van der Waals surface area contributed by atoms with E-state index in [-0.39, 0.29) is 12.3 Å². The monoisotopic (exact) mass is 320 g/mol. The predicted octanol–water partition coefficient (Wildman–Crippen LogP) is 2.29. The minimum Gasteiger partial charge on any atom is -0.291 e. The lowest BCUT2D eigenvalue weighted by molar-refractivity contribution is 0.0969. The third-order valence-electron chi connectivity index (χ3n) is 3.03. The van der Waals surface area contributed by atoms with Gasteiger partial charge in [-0.2, -0.15) is 0 Å². The first-order valence-electron chi connectivity index (χ1n) is 6.06. The zero-order chi connectivity index (χ0) is 15.0. The number of aromatic amines is 1. The smallest absolute Gasteiger partial charge is 0.273 e. The Balaban J connectivity index is 2.06. The second kappa shape index (κ2) is 5.31. The van der Waals surface area contributed by atoms with Gasteiger partial charge in [-0.3, -0.25) is 19.5 Å². The van der Waals surface area contributed by atoms with Gasteiger partial charge < -0.3 is 0 Å². The maximum atomic E-state index is 12.3. The van der Waals surface area contributed by atoms with E-state index >= 15 is 0 Å². The predicted molar refractivity (Wildman–Crippen MR) is 82.5 cm³/mol. The van der Waals surface area contributed by atoms with E-state index in [0.717, 1.165) is 16.0 Å². The third kappa shape index (κ3) is 2.55. The second-order valence-corrected chi connectivity index (χ2v) is 6.12. The quantitative estimate of drug-likeness (QED) is 0.753.